The van der Waals surface area contributed by atoms with Crippen molar-refractivity contribution in [1.29, 1.82) is 0 Å². The van der Waals surface area contributed by atoms with Crippen LogP contribution in [0.1, 0.15) is 64.3 Å². The summed E-state index contributed by atoms with van der Waals surface area (Å²) >= 11 is 0. The van der Waals surface area contributed by atoms with Crippen molar-refractivity contribution in [2.45, 2.75) is 79.1 Å². The maximum atomic E-state index is 13.3. The molecule has 0 bridgehead atoms. The number of nitrogens with zero attached hydrogens (tertiary/aromatic N) is 1. The number of aliphatic hydroxyl groups excluding tert-OH is 1. The van der Waals surface area contributed by atoms with E-state index in [2.05, 4.69) is 10.6 Å². The van der Waals surface area contributed by atoms with Crippen molar-refractivity contribution in [2.75, 3.05) is 13.2 Å². The predicted octanol–water partition coefficient (Wildman–Crippen LogP) is 2.60. The van der Waals surface area contributed by atoms with E-state index in [0.717, 1.165) is 11.1 Å². The smallest absolute Gasteiger partial charge is 0.408 e. The molecule has 8 heteroatoms. The molecule has 0 radical (unpaired) electrons. The molecule has 3 N–H and O–H groups in total. The largest absolute Gasteiger partial charge is 0.444 e. The average Bonchev–Trinajstić information content (AvgIpc) is 2.59. The van der Waals surface area contributed by atoms with Crippen molar-refractivity contribution in [3.63, 3.8) is 0 Å². The lowest BCUT2D eigenvalue weighted by Gasteiger charge is -2.34. The Morgan fingerprint density at radius 3 is 2.19 bits per heavy atom. The standard InChI is InChI=1S/C23H37N3O5/c1-14(2)24-20(28)19(18-10-9-15(3)13-16(18)4)26(11-12-27)21(29)17(5)25-22(30)31-23(6,7)8/h9-10,13-14,17,19,27H,11-12H2,1-8H3,(H,24,28)(H,25,30). The molecule has 1 aromatic carbocycles. The molecule has 31 heavy (non-hydrogen) atoms. The highest BCUT2D eigenvalue weighted by molar-refractivity contribution is 5.92. The number of carbonyl (C=O) groups is 3. The Kier molecular flexibility index (Phi) is 9.49. The van der Waals surface area contributed by atoms with Gasteiger partial charge < -0.3 is 25.4 Å². The van der Waals surface area contributed by atoms with E-state index in [4.69, 9.17) is 4.74 Å². The van der Waals surface area contributed by atoms with Crippen molar-refractivity contribution in [1.82, 2.24) is 15.5 Å². The molecule has 8 nitrogen and oxygen atoms in total. The molecule has 174 valence electrons. The lowest BCUT2D eigenvalue weighted by atomic mass is 9.96. The van der Waals surface area contributed by atoms with Gasteiger partial charge in [-0.15, -0.1) is 0 Å². The van der Waals surface area contributed by atoms with E-state index < -0.39 is 29.7 Å². The monoisotopic (exact) mass is 435 g/mol. The van der Waals surface area contributed by atoms with Crippen LogP contribution in [-0.2, 0) is 14.3 Å². The molecule has 0 heterocycles. The molecule has 1 aromatic rings. The Labute approximate surface area is 185 Å². The van der Waals surface area contributed by atoms with Gasteiger partial charge in [0, 0.05) is 12.6 Å². The zero-order valence-electron chi connectivity index (χ0n) is 19.9. The number of rotatable bonds is 8. The Bertz CT molecular complexity index is 786. The number of ether oxygens (including phenoxy) is 1. The molecule has 2 atom stereocenters. The normalized spacial score (nSPS) is 13.4. The van der Waals surface area contributed by atoms with Gasteiger partial charge in [0.05, 0.1) is 6.61 Å². The van der Waals surface area contributed by atoms with Gasteiger partial charge >= 0.3 is 6.09 Å². The molecule has 0 aliphatic heterocycles. The van der Waals surface area contributed by atoms with Crippen LogP contribution in [0.5, 0.6) is 0 Å². The van der Waals surface area contributed by atoms with Gasteiger partial charge in [0.1, 0.15) is 17.7 Å². The van der Waals surface area contributed by atoms with Gasteiger partial charge in [-0.1, -0.05) is 23.8 Å². The van der Waals surface area contributed by atoms with E-state index in [9.17, 15) is 19.5 Å². The zero-order chi connectivity index (χ0) is 23.9. The van der Waals surface area contributed by atoms with Gasteiger partial charge in [-0.05, 0) is 66.5 Å². The highest BCUT2D eigenvalue weighted by Gasteiger charge is 2.35. The number of alkyl carbamates (subject to hydrolysis) is 1. The van der Waals surface area contributed by atoms with Crippen LogP contribution in [-0.4, -0.2) is 58.8 Å². The predicted molar refractivity (Wildman–Crippen MR) is 120 cm³/mol. The fraction of sp³-hybridized carbons (Fsp3) is 0.609. The average molecular weight is 436 g/mol. The number of nitrogens with one attached hydrogen (secondary N) is 2. The summed E-state index contributed by atoms with van der Waals surface area (Å²) in [5.41, 5.74) is 1.84. The van der Waals surface area contributed by atoms with Crippen LogP contribution in [0.4, 0.5) is 4.79 Å². The van der Waals surface area contributed by atoms with Crippen LogP contribution >= 0.6 is 0 Å². The first kappa shape index (κ1) is 26.4. The van der Waals surface area contributed by atoms with Crippen molar-refractivity contribution < 1.29 is 24.2 Å². The summed E-state index contributed by atoms with van der Waals surface area (Å²) in [5, 5.41) is 15.0. The maximum Gasteiger partial charge on any atom is 0.408 e. The van der Waals surface area contributed by atoms with Gasteiger partial charge in [0.15, 0.2) is 0 Å². The van der Waals surface area contributed by atoms with E-state index in [-0.39, 0.29) is 25.1 Å². The van der Waals surface area contributed by atoms with Crippen LogP contribution in [0, 0.1) is 13.8 Å². The number of amides is 3. The fourth-order valence-corrected chi connectivity index (χ4v) is 3.22. The molecule has 0 aliphatic carbocycles. The lowest BCUT2D eigenvalue weighted by Crippen LogP contribution is -2.53. The summed E-state index contributed by atoms with van der Waals surface area (Å²) in [6, 6.07) is 3.59. The fourth-order valence-electron chi connectivity index (χ4n) is 3.22. The minimum atomic E-state index is -0.957. The van der Waals surface area contributed by atoms with E-state index >= 15 is 0 Å². The zero-order valence-corrected chi connectivity index (χ0v) is 19.9. The summed E-state index contributed by atoms with van der Waals surface area (Å²) < 4.78 is 5.23. The van der Waals surface area contributed by atoms with Gasteiger partial charge in [0.25, 0.3) is 0 Å². The van der Waals surface area contributed by atoms with E-state index in [1.54, 1.807) is 20.8 Å². The number of hydrogen-bond donors (Lipinski definition) is 3. The van der Waals surface area contributed by atoms with E-state index in [1.807, 2.05) is 45.9 Å². The van der Waals surface area contributed by atoms with Crippen LogP contribution in [0.3, 0.4) is 0 Å². The number of aliphatic hydroxyl groups is 1. The third kappa shape index (κ3) is 8.20. The summed E-state index contributed by atoms with van der Waals surface area (Å²) in [6.45, 7) is 13.8. The molecule has 0 fully saturated rings. The quantitative estimate of drug-likeness (QED) is 0.582. The van der Waals surface area contributed by atoms with Crippen LogP contribution < -0.4 is 10.6 Å². The Hall–Kier alpha value is -2.61. The second kappa shape index (κ2) is 11.1. The van der Waals surface area contributed by atoms with Gasteiger partial charge in [-0.3, -0.25) is 9.59 Å². The minimum Gasteiger partial charge on any atom is -0.444 e. The second-order valence-corrected chi connectivity index (χ2v) is 9.05. The van der Waals surface area contributed by atoms with Crippen molar-refractivity contribution in [2.24, 2.45) is 0 Å². The molecular formula is C23H37N3O5. The highest BCUT2D eigenvalue weighted by atomic mass is 16.6. The van der Waals surface area contributed by atoms with E-state index in [0.29, 0.717) is 5.56 Å². The minimum absolute atomic E-state index is 0.0668. The molecular weight excluding hydrogens is 398 g/mol. The third-order valence-corrected chi connectivity index (χ3v) is 4.44. The number of hydrogen-bond acceptors (Lipinski definition) is 5. The molecule has 2 unspecified atom stereocenters. The van der Waals surface area contributed by atoms with Crippen LogP contribution in [0.25, 0.3) is 0 Å². The molecule has 0 spiro atoms. The molecule has 3 amide bonds. The molecule has 0 saturated heterocycles. The number of benzene rings is 1. The molecule has 0 aliphatic rings. The Balaban J connectivity index is 3.30. The Morgan fingerprint density at radius 1 is 1.10 bits per heavy atom. The first-order chi connectivity index (χ1) is 14.3. The van der Waals surface area contributed by atoms with Gasteiger partial charge in [0.2, 0.25) is 11.8 Å². The van der Waals surface area contributed by atoms with Gasteiger partial charge in [-0.2, -0.15) is 0 Å². The topological polar surface area (TPSA) is 108 Å². The van der Waals surface area contributed by atoms with Crippen molar-refractivity contribution >= 4 is 17.9 Å². The lowest BCUT2D eigenvalue weighted by molar-refractivity contribution is -0.143. The molecule has 1 rings (SSSR count). The van der Waals surface area contributed by atoms with Crippen LogP contribution in [0.15, 0.2) is 18.2 Å². The Morgan fingerprint density at radius 2 is 1.71 bits per heavy atom. The third-order valence-electron chi connectivity index (χ3n) is 4.44. The summed E-state index contributed by atoms with van der Waals surface area (Å²) in [6.07, 6.45) is -0.730. The van der Waals surface area contributed by atoms with Crippen molar-refractivity contribution in [3.8, 4) is 0 Å². The second-order valence-electron chi connectivity index (χ2n) is 9.05. The highest BCUT2D eigenvalue weighted by Crippen LogP contribution is 2.26. The van der Waals surface area contributed by atoms with Crippen LogP contribution in [0.2, 0.25) is 0 Å². The first-order valence-corrected chi connectivity index (χ1v) is 10.5. The van der Waals surface area contributed by atoms with Gasteiger partial charge in [-0.25, -0.2) is 4.79 Å². The SMILES string of the molecule is Cc1ccc(C(C(=O)NC(C)C)N(CCO)C(=O)C(C)NC(=O)OC(C)(C)C)c(C)c1. The number of aryl methyl sites for hydroxylation is 2. The summed E-state index contributed by atoms with van der Waals surface area (Å²) in [4.78, 5) is 39.9. The van der Waals surface area contributed by atoms with E-state index in [1.165, 1.54) is 11.8 Å². The first-order valence-electron chi connectivity index (χ1n) is 10.5. The molecule has 0 saturated carbocycles. The number of carbonyl (C=O) groups excluding carboxylic acids is 3. The molecule has 0 aromatic heterocycles. The maximum absolute atomic E-state index is 13.3. The summed E-state index contributed by atoms with van der Waals surface area (Å²) in [5.74, 6) is -0.850. The summed E-state index contributed by atoms with van der Waals surface area (Å²) in [7, 11) is 0. The van der Waals surface area contributed by atoms with Crippen molar-refractivity contribution in [3.05, 3.63) is 34.9 Å².